The second-order valence-electron chi connectivity index (χ2n) is 4.69. The van der Waals surface area contributed by atoms with Crippen molar-refractivity contribution >= 4 is 5.91 Å². The minimum atomic E-state index is -0.697. The Balaban J connectivity index is 1.82. The lowest BCUT2D eigenvalue weighted by Gasteiger charge is -2.16. The number of nitrogens with zero attached hydrogens (tertiary/aromatic N) is 1. The SMILES string of the molecule is O=C(CCC(O)c1ccc(F)cc1)N1CCCC1. The van der Waals surface area contributed by atoms with Gasteiger partial charge < -0.3 is 10.0 Å². The number of aliphatic hydroxyl groups is 1. The molecule has 18 heavy (non-hydrogen) atoms. The van der Waals surface area contributed by atoms with E-state index in [1.165, 1.54) is 12.1 Å². The van der Waals surface area contributed by atoms with Gasteiger partial charge in [-0.25, -0.2) is 4.39 Å². The number of hydrogen-bond donors (Lipinski definition) is 1. The summed E-state index contributed by atoms with van der Waals surface area (Å²) in [6.07, 6.45) is 2.19. The molecule has 4 heteroatoms. The first kappa shape index (κ1) is 13.0. The third-order valence-electron chi connectivity index (χ3n) is 3.35. The normalized spacial score (nSPS) is 16.9. The van der Waals surface area contributed by atoms with E-state index < -0.39 is 6.10 Å². The zero-order valence-corrected chi connectivity index (χ0v) is 10.3. The Morgan fingerprint density at radius 3 is 2.50 bits per heavy atom. The number of likely N-dealkylation sites (tertiary alicyclic amines) is 1. The van der Waals surface area contributed by atoms with Crippen LogP contribution < -0.4 is 0 Å². The Morgan fingerprint density at radius 2 is 1.89 bits per heavy atom. The summed E-state index contributed by atoms with van der Waals surface area (Å²) in [5.74, 6) is -0.215. The fourth-order valence-electron chi connectivity index (χ4n) is 2.24. The predicted molar refractivity (Wildman–Crippen MR) is 66.4 cm³/mol. The number of hydrogen-bond acceptors (Lipinski definition) is 2. The Hall–Kier alpha value is -1.42. The van der Waals surface area contributed by atoms with Crippen LogP contribution in [-0.2, 0) is 4.79 Å². The molecule has 98 valence electrons. The number of aliphatic hydroxyl groups excluding tert-OH is 1. The maximum Gasteiger partial charge on any atom is 0.222 e. The maximum absolute atomic E-state index is 12.7. The molecule has 1 atom stereocenters. The van der Waals surface area contributed by atoms with Gasteiger partial charge in [-0.3, -0.25) is 4.79 Å². The van der Waals surface area contributed by atoms with Crippen LogP contribution in [0.15, 0.2) is 24.3 Å². The quantitative estimate of drug-likeness (QED) is 0.891. The van der Waals surface area contributed by atoms with E-state index in [-0.39, 0.29) is 11.7 Å². The van der Waals surface area contributed by atoms with Gasteiger partial charge >= 0.3 is 0 Å². The van der Waals surface area contributed by atoms with Gasteiger partial charge in [-0.15, -0.1) is 0 Å². The lowest BCUT2D eigenvalue weighted by Crippen LogP contribution is -2.27. The van der Waals surface area contributed by atoms with Crippen LogP contribution in [0, 0.1) is 5.82 Å². The van der Waals surface area contributed by atoms with E-state index in [0.717, 1.165) is 25.9 Å². The van der Waals surface area contributed by atoms with Crippen LogP contribution in [0.4, 0.5) is 4.39 Å². The largest absolute Gasteiger partial charge is 0.388 e. The summed E-state index contributed by atoms with van der Waals surface area (Å²) < 4.78 is 12.7. The topological polar surface area (TPSA) is 40.5 Å². The molecule has 1 saturated heterocycles. The van der Waals surface area contributed by atoms with Gasteiger partial charge in [-0.2, -0.15) is 0 Å². The number of rotatable bonds is 4. The summed E-state index contributed by atoms with van der Waals surface area (Å²) in [5.41, 5.74) is 0.658. The Kier molecular flexibility index (Phi) is 4.31. The van der Waals surface area contributed by atoms with Gasteiger partial charge in [0.25, 0.3) is 0 Å². The zero-order valence-electron chi connectivity index (χ0n) is 10.3. The molecule has 1 aliphatic heterocycles. The van der Waals surface area contributed by atoms with Crippen molar-refractivity contribution < 1.29 is 14.3 Å². The summed E-state index contributed by atoms with van der Waals surface area (Å²) in [5, 5.41) is 9.91. The molecule has 1 unspecified atom stereocenters. The first-order valence-electron chi connectivity index (χ1n) is 6.38. The second-order valence-corrected chi connectivity index (χ2v) is 4.69. The molecule has 0 aliphatic carbocycles. The third-order valence-corrected chi connectivity index (χ3v) is 3.35. The van der Waals surface area contributed by atoms with Gasteiger partial charge in [-0.05, 0) is 37.0 Å². The highest BCUT2D eigenvalue weighted by molar-refractivity contribution is 5.76. The van der Waals surface area contributed by atoms with Crippen molar-refractivity contribution in [1.29, 1.82) is 0 Å². The van der Waals surface area contributed by atoms with Crippen LogP contribution in [-0.4, -0.2) is 29.0 Å². The van der Waals surface area contributed by atoms with E-state index in [9.17, 15) is 14.3 Å². The van der Waals surface area contributed by atoms with E-state index in [4.69, 9.17) is 0 Å². The molecule has 1 aromatic carbocycles. The maximum atomic E-state index is 12.7. The third kappa shape index (κ3) is 3.29. The van der Waals surface area contributed by atoms with Crippen molar-refractivity contribution in [2.45, 2.75) is 31.8 Å². The van der Waals surface area contributed by atoms with Gasteiger partial charge in [-0.1, -0.05) is 12.1 Å². The Bertz CT molecular complexity index is 399. The summed E-state index contributed by atoms with van der Waals surface area (Å²) in [6.45, 7) is 1.68. The number of carbonyl (C=O) groups excluding carboxylic acids is 1. The molecule has 1 N–H and O–H groups in total. The number of amides is 1. The molecule has 1 fully saturated rings. The molecule has 3 nitrogen and oxygen atoms in total. The average molecular weight is 251 g/mol. The van der Waals surface area contributed by atoms with Crippen molar-refractivity contribution in [2.24, 2.45) is 0 Å². The summed E-state index contributed by atoms with van der Waals surface area (Å²) in [7, 11) is 0. The Morgan fingerprint density at radius 1 is 1.28 bits per heavy atom. The van der Waals surface area contributed by atoms with Crippen molar-refractivity contribution in [3.8, 4) is 0 Å². The van der Waals surface area contributed by atoms with Gasteiger partial charge in [0.1, 0.15) is 5.82 Å². The van der Waals surface area contributed by atoms with Crippen LogP contribution in [0.25, 0.3) is 0 Å². The molecule has 1 aliphatic rings. The first-order valence-corrected chi connectivity index (χ1v) is 6.38. The van der Waals surface area contributed by atoms with E-state index in [2.05, 4.69) is 0 Å². The van der Waals surface area contributed by atoms with Gasteiger partial charge in [0.05, 0.1) is 6.10 Å². The van der Waals surface area contributed by atoms with E-state index in [1.54, 1.807) is 12.1 Å². The van der Waals surface area contributed by atoms with Crippen molar-refractivity contribution in [3.05, 3.63) is 35.6 Å². The second kappa shape index (κ2) is 5.96. The van der Waals surface area contributed by atoms with Crippen molar-refractivity contribution in [3.63, 3.8) is 0 Å². The molecule has 1 aromatic rings. The summed E-state index contributed by atoms with van der Waals surface area (Å²) in [4.78, 5) is 13.6. The number of benzene rings is 1. The smallest absolute Gasteiger partial charge is 0.222 e. The van der Waals surface area contributed by atoms with Crippen LogP contribution in [0.3, 0.4) is 0 Å². The first-order chi connectivity index (χ1) is 8.66. The number of halogens is 1. The van der Waals surface area contributed by atoms with Gasteiger partial charge in [0.15, 0.2) is 0 Å². The highest BCUT2D eigenvalue weighted by atomic mass is 19.1. The van der Waals surface area contributed by atoms with E-state index in [0.29, 0.717) is 18.4 Å². The van der Waals surface area contributed by atoms with E-state index >= 15 is 0 Å². The fourth-order valence-corrected chi connectivity index (χ4v) is 2.24. The minimum Gasteiger partial charge on any atom is -0.388 e. The average Bonchev–Trinajstić information content (AvgIpc) is 2.90. The predicted octanol–water partition coefficient (Wildman–Crippen LogP) is 2.26. The molecule has 2 rings (SSSR count). The van der Waals surface area contributed by atoms with Crippen molar-refractivity contribution in [2.75, 3.05) is 13.1 Å². The standard InChI is InChI=1S/C14H18FNO2/c15-12-5-3-11(4-6-12)13(17)7-8-14(18)16-9-1-2-10-16/h3-6,13,17H,1-2,7-10H2. The molecule has 0 radical (unpaired) electrons. The zero-order chi connectivity index (χ0) is 13.0. The lowest BCUT2D eigenvalue weighted by molar-refractivity contribution is -0.130. The number of carbonyl (C=O) groups is 1. The van der Waals surface area contributed by atoms with Crippen LogP contribution in [0.2, 0.25) is 0 Å². The van der Waals surface area contributed by atoms with E-state index in [1.807, 2.05) is 4.90 Å². The van der Waals surface area contributed by atoms with Gasteiger partial charge in [0, 0.05) is 19.5 Å². The highest BCUT2D eigenvalue weighted by Gasteiger charge is 2.19. The fraction of sp³-hybridized carbons (Fsp3) is 0.500. The molecule has 0 aromatic heterocycles. The molecule has 0 spiro atoms. The lowest BCUT2D eigenvalue weighted by atomic mass is 10.0. The van der Waals surface area contributed by atoms with Crippen LogP contribution >= 0.6 is 0 Å². The molecule has 1 amide bonds. The van der Waals surface area contributed by atoms with Gasteiger partial charge in [0.2, 0.25) is 5.91 Å². The Labute approximate surface area is 106 Å². The molecule has 1 heterocycles. The highest BCUT2D eigenvalue weighted by Crippen LogP contribution is 2.20. The molecular weight excluding hydrogens is 233 g/mol. The molecular formula is C14H18FNO2. The van der Waals surface area contributed by atoms with Crippen LogP contribution in [0.5, 0.6) is 0 Å². The summed E-state index contributed by atoms with van der Waals surface area (Å²) >= 11 is 0. The summed E-state index contributed by atoms with van der Waals surface area (Å²) in [6, 6.07) is 5.75. The van der Waals surface area contributed by atoms with Crippen LogP contribution in [0.1, 0.15) is 37.4 Å². The molecule has 0 saturated carbocycles. The monoisotopic (exact) mass is 251 g/mol. The minimum absolute atomic E-state index is 0.105. The molecule has 0 bridgehead atoms. The van der Waals surface area contributed by atoms with Crippen molar-refractivity contribution in [1.82, 2.24) is 4.90 Å².